The number of hydrogen-bond acceptors (Lipinski definition) is 4. The molecule has 0 bridgehead atoms. The zero-order valence-electron chi connectivity index (χ0n) is 14.1. The van der Waals surface area contributed by atoms with E-state index in [2.05, 4.69) is 10.3 Å². The number of aromatic amines is 1. The molecule has 0 radical (unpaired) electrons. The molecule has 6 nitrogen and oxygen atoms in total. The lowest BCUT2D eigenvalue weighted by Gasteiger charge is -2.26. The van der Waals surface area contributed by atoms with Crippen molar-refractivity contribution in [3.8, 4) is 5.75 Å². The minimum atomic E-state index is -0.622. The van der Waals surface area contributed by atoms with Crippen molar-refractivity contribution in [2.75, 3.05) is 17.6 Å². The number of hydrogen-bond donors (Lipinski definition) is 2. The molecule has 138 valence electrons. The highest BCUT2D eigenvalue weighted by Crippen LogP contribution is 2.28. The summed E-state index contributed by atoms with van der Waals surface area (Å²) in [6.45, 7) is 2.63. The van der Waals surface area contributed by atoms with Gasteiger partial charge in [-0.1, -0.05) is 40.8 Å². The Labute approximate surface area is 163 Å². The van der Waals surface area contributed by atoms with Gasteiger partial charge in [0, 0.05) is 11.6 Å². The van der Waals surface area contributed by atoms with Crippen LogP contribution < -0.4 is 10.1 Å². The molecule has 1 aliphatic rings. The second kappa shape index (κ2) is 8.17. The van der Waals surface area contributed by atoms with E-state index in [9.17, 15) is 14.0 Å². The van der Waals surface area contributed by atoms with Gasteiger partial charge in [-0.25, -0.2) is 4.39 Å². The number of ether oxygens (including phenoxy) is 2. The molecule has 1 fully saturated rings. The van der Waals surface area contributed by atoms with Crippen LogP contribution in [0.2, 0.25) is 0 Å². The van der Waals surface area contributed by atoms with E-state index in [1.54, 1.807) is 25.1 Å². The number of carbonyl (C=O) groups excluding carboxylic acids is 2. The van der Waals surface area contributed by atoms with Crippen LogP contribution in [0.5, 0.6) is 5.75 Å². The number of aromatic nitrogens is 1. The summed E-state index contributed by atoms with van der Waals surface area (Å²) >= 11 is 1.94. The number of H-pyrrole nitrogens is 1. The summed E-state index contributed by atoms with van der Waals surface area (Å²) in [7, 11) is 0. The fourth-order valence-corrected chi connectivity index (χ4v) is 2.95. The molecule has 1 aliphatic heterocycles. The summed E-state index contributed by atoms with van der Waals surface area (Å²) < 4.78 is 25.0. The molecule has 2 heterocycles. The normalized spacial score (nSPS) is 15.2. The Morgan fingerprint density at radius 1 is 1.42 bits per heavy atom. The third kappa shape index (κ3) is 4.07. The van der Waals surface area contributed by atoms with Gasteiger partial charge < -0.3 is 19.8 Å². The number of benzene rings is 1. The maximum absolute atomic E-state index is 14.0. The van der Waals surface area contributed by atoms with Gasteiger partial charge in [0.1, 0.15) is 29.1 Å². The number of halogens is 2. The molecule has 26 heavy (non-hydrogen) atoms. The van der Waals surface area contributed by atoms with E-state index in [1.807, 2.05) is 22.6 Å². The zero-order valence-corrected chi connectivity index (χ0v) is 16.2. The maximum Gasteiger partial charge on any atom is 0.268 e. The Morgan fingerprint density at radius 2 is 2.15 bits per heavy atom. The van der Waals surface area contributed by atoms with Crippen LogP contribution in [0.15, 0.2) is 30.3 Å². The van der Waals surface area contributed by atoms with Gasteiger partial charge >= 0.3 is 0 Å². The molecule has 3 rings (SSSR count). The SMILES string of the molecule is CC(Oc1cc(C(=O)NC2COC2)[nH]c1C(=O)CI)c1ccccc1F. The Morgan fingerprint density at radius 3 is 2.77 bits per heavy atom. The van der Waals surface area contributed by atoms with E-state index in [0.29, 0.717) is 18.8 Å². The molecule has 0 aliphatic carbocycles. The first-order chi connectivity index (χ1) is 12.5. The topological polar surface area (TPSA) is 80.4 Å². The summed E-state index contributed by atoms with van der Waals surface area (Å²) in [5.41, 5.74) is 0.803. The number of carbonyl (C=O) groups is 2. The molecule has 0 saturated carbocycles. The Kier molecular flexibility index (Phi) is 5.92. The van der Waals surface area contributed by atoms with Gasteiger partial charge in [0.25, 0.3) is 5.91 Å². The lowest BCUT2D eigenvalue weighted by Crippen LogP contribution is -2.48. The molecule has 8 heteroatoms. The van der Waals surface area contributed by atoms with Crippen molar-refractivity contribution in [2.45, 2.75) is 19.1 Å². The standard InChI is InChI=1S/C18H18FIN2O4/c1-10(12-4-2-3-5-13(12)19)26-16-6-14(22-17(16)15(23)7-20)18(24)21-11-8-25-9-11/h2-6,10-11,22H,7-9H2,1H3,(H,21,24). The molecular formula is C18H18FIN2O4. The fourth-order valence-electron chi connectivity index (χ4n) is 2.57. The Bertz CT molecular complexity index is 819. The number of amides is 1. The molecule has 1 unspecified atom stereocenters. The van der Waals surface area contributed by atoms with Crippen LogP contribution in [0, 0.1) is 5.82 Å². The van der Waals surface area contributed by atoms with Crippen LogP contribution in [0.4, 0.5) is 4.39 Å². The van der Waals surface area contributed by atoms with Crippen molar-refractivity contribution >= 4 is 34.3 Å². The Hall–Kier alpha value is -1.94. The number of alkyl halides is 1. The first kappa shape index (κ1) is 18.8. The van der Waals surface area contributed by atoms with Crippen molar-refractivity contribution in [3.05, 3.63) is 53.1 Å². The Balaban J connectivity index is 1.83. The molecule has 2 aromatic rings. The minimum Gasteiger partial charge on any atom is -0.484 e. The van der Waals surface area contributed by atoms with Gasteiger partial charge in [-0.15, -0.1) is 0 Å². The average molecular weight is 472 g/mol. The summed E-state index contributed by atoms with van der Waals surface area (Å²) in [5, 5.41) is 2.80. The van der Waals surface area contributed by atoms with Gasteiger partial charge in [0.2, 0.25) is 0 Å². The number of ketones is 1. The quantitative estimate of drug-likeness (QED) is 0.369. The molecule has 1 saturated heterocycles. The molecule has 1 aromatic carbocycles. The summed E-state index contributed by atoms with van der Waals surface area (Å²) in [5.74, 6) is -0.695. The zero-order chi connectivity index (χ0) is 18.7. The van der Waals surface area contributed by atoms with Crippen molar-refractivity contribution in [1.82, 2.24) is 10.3 Å². The van der Waals surface area contributed by atoms with Crippen molar-refractivity contribution in [1.29, 1.82) is 0 Å². The molecule has 1 atom stereocenters. The molecule has 0 spiro atoms. The van der Waals surface area contributed by atoms with E-state index in [0.717, 1.165) is 0 Å². The first-order valence-corrected chi connectivity index (χ1v) is 9.64. The summed E-state index contributed by atoms with van der Waals surface area (Å²) in [6.07, 6.45) is -0.622. The molecule has 1 amide bonds. The molecule has 2 N–H and O–H groups in total. The summed E-state index contributed by atoms with van der Waals surface area (Å²) in [6, 6.07) is 7.73. The van der Waals surface area contributed by atoms with E-state index >= 15 is 0 Å². The lowest BCUT2D eigenvalue weighted by molar-refractivity contribution is -0.00354. The van der Waals surface area contributed by atoms with Crippen LogP contribution in [-0.4, -0.2) is 40.4 Å². The second-order valence-electron chi connectivity index (χ2n) is 5.97. The maximum atomic E-state index is 14.0. The highest BCUT2D eigenvalue weighted by molar-refractivity contribution is 14.1. The highest BCUT2D eigenvalue weighted by atomic mass is 127. The highest BCUT2D eigenvalue weighted by Gasteiger charge is 2.25. The third-order valence-electron chi connectivity index (χ3n) is 4.05. The predicted molar refractivity (Wildman–Crippen MR) is 102 cm³/mol. The van der Waals surface area contributed by atoms with E-state index in [4.69, 9.17) is 9.47 Å². The van der Waals surface area contributed by atoms with E-state index < -0.39 is 6.10 Å². The first-order valence-electron chi connectivity index (χ1n) is 8.11. The predicted octanol–water partition coefficient (Wildman–Crippen LogP) is 3.04. The van der Waals surface area contributed by atoms with Gasteiger partial charge in [-0.05, 0) is 13.0 Å². The van der Waals surface area contributed by atoms with Crippen LogP contribution in [0.3, 0.4) is 0 Å². The van der Waals surface area contributed by atoms with E-state index in [-0.39, 0.29) is 45.1 Å². The smallest absolute Gasteiger partial charge is 0.268 e. The largest absolute Gasteiger partial charge is 0.484 e. The number of nitrogens with one attached hydrogen (secondary N) is 2. The van der Waals surface area contributed by atoms with E-state index in [1.165, 1.54) is 12.1 Å². The van der Waals surface area contributed by atoms with Crippen LogP contribution in [-0.2, 0) is 4.74 Å². The van der Waals surface area contributed by atoms with Gasteiger partial charge in [-0.3, -0.25) is 9.59 Å². The summed E-state index contributed by atoms with van der Waals surface area (Å²) in [4.78, 5) is 27.3. The van der Waals surface area contributed by atoms with Gasteiger partial charge in [0.05, 0.1) is 23.7 Å². The van der Waals surface area contributed by atoms with Crippen molar-refractivity contribution in [2.24, 2.45) is 0 Å². The van der Waals surface area contributed by atoms with Crippen LogP contribution in [0.25, 0.3) is 0 Å². The van der Waals surface area contributed by atoms with Crippen LogP contribution >= 0.6 is 22.6 Å². The minimum absolute atomic E-state index is 0.0313. The molecule has 1 aromatic heterocycles. The lowest BCUT2D eigenvalue weighted by atomic mass is 10.1. The van der Waals surface area contributed by atoms with Crippen molar-refractivity contribution < 1.29 is 23.5 Å². The van der Waals surface area contributed by atoms with Crippen molar-refractivity contribution in [3.63, 3.8) is 0 Å². The number of rotatable bonds is 7. The second-order valence-corrected chi connectivity index (χ2v) is 6.73. The van der Waals surface area contributed by atoms with Gasteiger partial charge in [0.15, 0.2) is 5.78 Å². The van der Waals surface area contributed by atoms with Crippen LogP contribution in [0.1, 0.15) is 39.6 Å². The third-order valence-corrected chi connectivity index (χ3v) is 4.74. The van der Waals surface area contributed by atoms with Gasteiger partial charge in [-0.2, -0.15) is 0 Å². The fraction of sp³-hybridized carbons (Fsp3) is 0.333. The molecular weight excluding hydrogens is 454 g/mol. The number of Topliss-reactive ketones (excluding diaryl/α,β-unsaturated/α-hetero) is 1. The monoisotopic (exact) mass is 472 g/mol. The average Bonchev–Trinajstić information content (AvgIpc) is 3.01.